The van der Waals surface area contributed by atoms with E-state index in [0.717, 1.165) is 11.0 Å². The van der Waals surface area contributed by atoms with Crippen molar-refractivity contribution in [3.8, 4) is 0 Å². The fraction of sp³-hybridized carbons (Fsp3) is 0.133. The Kier molecular flexibility index (Phi) is 4.28. The van der Waals surface area contributed by atoms with Gasteiger partial charge < -0.3 is 5.32 Å². The summed E-state index contributed by atoms with van der Waals surface area (Å²) in [6, 6.07) is 15.1. The third-order valence-corrected chi connectivity index (χ3v) is 3.49. The first-order valence-electron chi connectivity index (χ1n) is 6.20. The van der Waals surface area contributed by atoms with Gasteiger partial charge in [0, 0.05) is 10.6 Å². The predicted molar refractivity (Wildman–Crippen MR) is 82.0 cm³/mol. The van der Waals surface area contributed by atoms with Gasteiger partial charge in [-0.25, -0.2) is 0 Å². The van der Waals surface area contributed by atoms with E-state index in [1.54, 1.807) is 18.2 Å². The Bertz CT molecular complexity index is 586. The number of hydrogen-bond donors (Lipinski definition) is 1. The van der Waals surface area contributed by atoms with E-state index >= 15 is 0 Å². The van der Waals surface area contributed by atoms with Crippen LogP contribution in [-0.4, -0.2) is 13.8 Å². The number of benzene rings is 2. The molecule has 0 bridgehead atoms. The second kappa shape index (κ2) is 5.94. The van der Waals surface area contributed by atoms with Gasteiger partial charge in [-0.05, 0) is 24.6 Å². The van der Waals surface area contributed by atoms with Gasteiger partial charge in [-0.15, -0.1) is 0 Å². The maximum atomic E-state index is 12.1. The molecule has 0 radical (unpaired) electrons. The molecule has 2 rings (SSSR count). The summed E-state index contributed by atoms with van der Waals surface area (Å²) in [5.74, 6) is -0.0869. The molecule has 0 fully saturated rings. The lowest BCUT2D eigenvalue weighted by Crippen LogP contribution is -2.27. The van der Waals surface area contributed by atoms with Crippen molar-refractivity contribution in [3.63, 3.8) is 0 Å². The lowest BCUT2D eigenvalue weighted by Gasteiger charge is -2.14. The van der Waals surface area contributed by atoms with Crippen molar-refractivity contribution in [1.82, 2.24) is 5.32 Å². The van der Waals surface area contributed by atoms with Crippen LogP contribution in [0.5, 0.6) is 0 Å². The van der Waals surface area contributed by atoms with Gasteiger partial charge in [-0.1, -0.05) is 53.5 Å². The van der Waals surface area contributed by atoms with E-state index in [9.17, 15) is 4.79 Å². The number of rotatable bonds is 3. The molecule has 1 amide bonds. The van der Waals surface area contributed by atoms with Crippen molar-refractivity contribution in [3.05, 3.63) is 64.7 Å². The van der Waals surface area contributed by atoms with E-state index in [2.05, 4.69) is 5.32 Å². The van der Waals surface area contributed by atoms with Crippen LogP contribution in [0.15, 0.2) is 48.5 Å². The van der Waals surface area contributed by atoms with Crippen LogP contribution in [0.3, 0.4) is 0 Å². The number of hydrogen-bond acceptors (Lipinski definition) is 1. The topological polar surface area (TPSA) is 29.1 Å². The van der Waals surface area contributed by atoms with Gasteiger partial charge in [0.1, 0.15) is 7.85 Å². The minimum atomic E-state index is -0.0869. The second-order valence-corrected chi connectivity index (χ2v) is 4.98. The zero-order valence-corrected chi connectivity index (χ0v) is 11.7. The average molecular weight is 272 g/mol. The van der Waals surface area contributed by atoms with Gasteiger partial charge >= 0.3 is 0 Å². The van der Waals surface area contributed by atoms with Crippen molar-refractivity contribution < 1.29 is 4.79 Å². The van der Waals surface area contributed by atoms with Gasteiger partial charge in [0.15, 0.2) is 0 Å². The van der Waals surface area contributed by atoms with Crippen LogP contribution >= 0.6 is 11.6 Å². The highest BCUT2D eigenvalue weighted by molar-refractivity contribution is 6.45. The van der Waals surface area contributed by atoms with Gasteiger partial charge in [0.05, 0.1) is 6.04 Å². The summed E-state index contributed by atoms with van der Waals surface area (Å²) >= 11 is 5.96. The first kappa shape index (κ1) is 13.7. The van der Waals surface area contributed by atoms with Crippen LogP contribution in [0, 0.1) is 0 Å². The number of halogens is 1. The van der Waals surface area contributed by atoms with Gasteiger partial charge in [-0.3, -0.25) is 4.79 Å². The largest absolute Gasteiger partial charge is 0.346 e. The quantitative estimate of drug-likeness (QED) is 0.851. The lowest BCUT2D eigenvalue weighted by molar-refractivity contribution is 0.0940. The zero-order valence-electron chi connectivity index (χ0n) is 11.0. The first-order valence-corrected chi connectivity index (χ1v) is 6.57. The Hall–Kier alpha value is -1.74. The Morgan fingerprint density at radius 2 is 1.89 bits per heavy atom. The maximum Gasteiger partial charge on any atom is 0.251 e. The monoisotopic (exact) mass is 271 g/mol. The van der Waals surface area contributed by atoms with E-state index in [4.69, 9.17) is 11.6 Å². The van der Waals surface area contributed by atoms with Crippen LogP contribution in [0.1, 0.15) is 28.9 Å². The molecule has 1 atom stereocenters. The third kappa shape index (κ3) is 3.39. The smallest absolute Gasteiger partial charge is 0.251 e. The molecule has 0 aliphatic rings. The molecule has 4 heteroatoms. The van der Waals surface area contributed by atoms with Crippen LogP contribution in [0.4, 0.5) is 0 Å². The molecule has 2 aromatic rings. The van der Waals surface area contributed by atoms with Crippen LogP contribution in [0.25, 0.3) is 0 Å². The van der Waals surface area contributed by atoms with E-state index in [1.165, 1.54) is 0 Å². The molecular formula is C15H15BClNO. The van der Waals surface area contributed by atoms with E-state index in [-0.39, 0.29) is 11.9 Å². The van der Waals surface area contributed by atoms with Crippen LogP contribution in [-0.2, 0) is 0 Å². The lowest BCUT2D eigenvalue weighted by atomic mass is 9.94. The summed E-state index contributed by atoms with van der Waals surface area (Å²) in [6.07, 6.45) is 0. The fourth-order valence-electron chi connectivity index (χ4n) is 1.89. The molecule has 0 unspecified atom stereocenters. The van der Waals surface area contributed by atoms with Crippen LogP contribution in [0.2, 0.25) is 5.02 Å². The molecule has 19 heavy (non-hydrogen) atoms. The summed E-state index contributed by atoms with van der Waals surface area (Å²) in [7, 11) is 1.89. The SMILES string of the molecule is Bc1cc(C(=O)N[C@H](C)c2ccccc2)ccc1Cl. The molecule has 96 valence electrons. The Balaban J connectivity index is 2.11. The number of nitrogens with one attached hydrogen (secondary N) is 1. The van der Waals surface area contributed by atoms with Crippen molar-refractivity contribution in [1.29, 1.82) is 0 Å². The van der Waals surface area contributed by atoms with Gasteiger partial charge in [0.25, 0.3) is 5.91 Å². The minimum absolute atomic E-state index is 0.0234. The molecule has 0 aromatic heterocycles. The standard InChI is InChI=1S/C15H15BClNO/c1-10(11-5-3-2-4-6-11)18-15(19)12-7-8-14(17)13(16)9-12/h2-10H,16H2,1H3,(H,18,19)/t10-/m1/s1. The highest BCUT2D eigenvalue weighted by Gasteiger charge is 2.11. The van der Waals surface area contributed by atoms with E-state index in [1.807, 2.05) is 45.1 Å². The Morgan fingerprint density at radius 3 is 2.53 bits per heavy atom. The normalized spacial score (nSPS) is 11.9. The third-order valence-electron chi connectivity index (χ3n) is 3.07. The van der Waals surface area contributed by atoms with Crippen molar-refractivity contribution in [2.45, 2.75) is 13.0 Å². The van der Waals surface area contributed by atoms with Crippen molar-refractivity contribution >= 4 is 30.8 Å². The predicted octanol–water partition coefficient (Wildman–Crippen LogP) is 2.09. The molecule has 0 heterocycles. The average Bonchev–Trinajstić information content (AvgIpc) is 2.42. The molecule has 0 saturated carbocycles. The van der Waals surface area contributed by atoms with Gasteiger partial charge in [-0.2, -0.15) is 0 Å². The summed E-state index contributed by atoms with van der Waals surface area (Å²) in [6.45, 7) is 1.97. The second-order valence-electron chi connectivity index (χ2n) is 4.57. The van der Waals surface area contributed by atoms with Crippen molar-refractivity contribution in [2.75, 3.05) is 0 Å². The molecule has 2 aromatic carbocycles. The molecule has 0 aliphatic heterocycles. The number of amides is 1. The zero-order chi connectivity index (χ0) is 13.8. The fourth-order valence-corrected chi connectivity index (χ4v) is 2.01. The van der Waals surface area contributed by atoms with Crippen LogP contribution < -0.4 is 10.8 Å². The molecule has 0 spiro atoms. The van der Waals surface area contributed by atoms with Gasteiger partial charge in [0.2, 0.25) is 0 Å². The Morgan fingerprint density at radius 1 is 1.21 bits per heavy atom. The summed E-state index contributed by atoms with van der Waals surface area (Å²) < 4.78 is 0. The maximum absolute atomic E-state index is 12.1. The highest BCUT2D eigenvalue weighted by Crippen LogP contribution is 2.13. The summed E-state index contributed by atoms with van der Waals surface area (Å²) in [5.41, 5.74) is 2.62. The Labute approximate surface area is 119 Å². The molecule has 1 N–H and O–H groups in total. The molecule has 0 saturated heterocycles. The van der Waals surface area contributed by atoms with Crippen molar-refractivity contribution in [2.24, 2.45) is 0 Å². The summed E-state index contributed by atoms with van der Waals surface area (Å²) in [4.78, 5) is 12.1. The summed E-state index contributed by atoms with van der Waals surface area (Å²) in [5, 5.41) is 3.65. The van der Waals surface area contributed by atoms with E-state index in [0.29, 0.717) is 10.6 Å². The molecule has 2 nitrogen and oxygen atoms in total. The van der Waals surface area contributed by atoms with E-state index < -0.39 is 0 Å². The molecule has 0 aliphatic carbocycles. The molecular weight excluding hydrogens is 256 g/mol. The first-order chi connectivity index (χ1) is 9.08. The number of carbonyl (C=O) groups excluding carboxylic acids is 1. The number of carbonyl (C=O) groups is 1. The minimum Gasteiger partial charge on any atom is -0.346 e. The highest BCUT2D eigenvalue weighted by atomic mass is 35.5.